The molecule has 1 atom stereocenters. The van der Waals surface area contributed by atoms with Gasteiger partial charge in [0.15, 0.2) is 0 Å². The van der Waals surface area contributed by atoms with Crippen molar-refractivity contribution in [3.05, 3.63) is 35.4 Å². The number of nitrogens with one attached hydrogen (secondary N) is 1. The molecular formula is C13H19NO. The van der Waals surface area contributed by atoms with E-state index in [0.717, 1.165) is 25.9 Å². The summed E-state index contributed by atoms with van der Waals surface area (Å²) in [4.78, 5) is 0. The molecule has 0 radical (unpaired) electrons. The summed E-state index contributed by atoms with van der Waals surface area (Å²) in [6, 6.07) is 8.51. The molecule has 2 N–H and O–H groups in total. The fourth-order valence-corrected chi connectivity index (χ4v) is 2.42. The highest BCUT2D eigenvalue weighted by molar-refractivity contribution is 5.30. The molecule has 1 heterocycles. The van der Waals surface area contributed by atoms with E-state index < -0.39 is 0 Å². The summed E-state index contributed by atoms with van der Waals surface area (Å²) in [6.07, 6.45) is 2.23. The Balaban J connectivity index is 2.32. The molecule has 1 aliphatic heterocycles. The summed E-state index contributed by atoms with van der Waals surface area (Å²) in [6.45, 7) is 4.31. The van der Waals surface area contributed by atoms with E-state index in [2.05, 4.69) is 36.5 Å². The highest BCUT2D eigenvalue weighted by Gasteiger charge is 2.33. The maximum absolute atomic E-state index is 9.65. The van der Waals surface area contributed by atoms with Crippen LogP contribution < -0.4 is 5.32 Å². The van der Waals surface area contributed by atoms with Crippen LogP contribution in [-0.2, 0) is 5.41 Å². The van der Waals surface area contributed by atoms with Crippen LogP contribution in [0.1, 0.15) is 24.0 Å². The van der Waals surface area contributed by atoms with Gasteiger partial charge in [-0.05, 0) is 31.9 Å². The van der Waals surface area contributed by atoms with Crippen LogP contribution in [0.5, 0.6) is 0 Å². The monoisotopic (exact) mass is 205 g/mol. The fraction of sp³-hybridized carbons (Fsp3) is 0.538. The second-order valence-electron chi connectivity index (χ2n) is 4.59. The second-order valence-corrected chi connectivity index (χ2v) is 4.59. The molecule has 0 aromatic heterocycles. The average molecular weight is 205 g/mol. The highest BCUT2D eigenvalue weighted by atomic mass is 16.3. The number of hydrogen-bond acceptors (Lipinski definition) is 2. The van der Waals surface area contributed by atoms with Crippen molar-refractivity contribution >= 4 is 0 Å². The average Bonchev–Trinajstić information content (AvgIpc) is 2.30. The minimum atomic E-state index is -0.0513. The van der Waals surface area contributed by atoms with Gasteiger partial charge >= 0.3 is 0 Å². The van der Waals surface area contributed by atoms with Crippen LogP contribution in [0.3, 0.4) is 0 Å². The van der Waals surface area contributed by atoms with Gasteiger partial charge in [-0.3, -0.25) is 0 Å². The number of benzene rings is 1. The molecule has 2 heteroatoms. The van der Waals surface area contributed by atoms with Gasteiger partial charge in [0.1, 0.15) is 0 Å². The molecule has 1 unspecified atom stereocenters. The SMILES string of the molecule is Cc1cccc(C2(CO)CCCNC2)c1. The molecule has 15 heavy (non-hydrogen) atoms. The van der Waals surface area contributed by atoms with E-state index in [1.807, 2.05) is 0 Å². The topological polar surface area (TPSA) is 32.3 Å². The predicted octanol–water partition coefficient (Wildman–Crippen LogP) is 1.61. The second kappa shape index (κ2) is 4.33. The molecule has 82 valence electrons. The van der Waals surface area contributed by atoms with Gasteiger partial charge in [0, 0.05) is 12.0 Å². The number of aliphatic hydroxyl groups excluding tert-OH is 1. The van der Waals surface area contributed by atoms with E-state index in [-0.39, 0.29) is 12.0 Å². The standard InChI is InChI=1S/C13H19NO/c1-11-4-2-5-12(8-11)13(10-15)6-3-7-14-9-13/h2,4-5,8,14-15H,3,6-7,9-10H2,1H3. The predicted molar refractivity (Wildman–Crippen MR) is 62.0 cm³/mol. The Kier molecular flexibility index (Phi) is 3.08. The van der Waals surface area contributed by atoms with Crippen molar-refractivity contribution in [1.82, 2.24) is 5.32 Å². The van der Waals surface area contributed by atoms with Gasteiger partial charge in [-0.2, -0.15) is 0 Å². The lowest BCUT2D eigenvalue weighted by Gasteiger charge is -2.36. The zero-order valence-electron chi connectivity index (χ0n) is 9.29. The summed E-state index contributed by atoms with van der Waals surface area (Å²) in [5.41, 5.74) is 2.49. The number of rotatable bonds is 2. The molecule has 0 amide bonds. The van der Waals surface area contributed by atoms with Crippen LogP contribution in [0.15, 0.2) is 24.3 Å². The van der Waals surface area contributed by atoms with E-state index >= 15 is 0 Å². The van der Waals surface area contributed by atoms with Crippen LogP contribution in [0.25, 0.3) is 0 Å². The van der Waals surface area contributed by atoms with Gasteiger partial charge < -0.3 is 10.4 Å². The lowest BCUT2D eigenvalue weighted by Crippen LogP contribution is -2.46. The number of aliphatic hydroxyl groups is 1. The molecule has 1 aromatic carbocycles. The van der Waals surface area contributed by atoms with Gasteiger partial charge in [0.25, 0.3) is 0 Å². The molecule has 0 aliphatic carbocycles. The first kappa shape index (κ1) is 10.7. The Hall–Kier alpha value is -0.860. The molecule has 1 saturated heterocycles. The summed E-state index contributed by atoms with van der Waals surface area (Å²) >= 11 is 0. The van der Waals surface area contributed by atoms with E-state index in [1.54, 1.807) is 0 Å². The Morgan fingerprint density at radius 3 is 2.93 bits per heavy atom. The number of hydrogen-bond donors (Lipinski definition) is 2. The summed E-state index contributed by atoms with van der Waals surface area (Å²) in [5, 5.41) is 13.0. The lowest BCUT2D eigenvalue weighted by molar-refractivity contribution is 0.162. The Morgan fingerprint density at radius 1 is 1.47 bits per heavy atom. The molecule has 2 nitrogen and oxygen atoms in total. The lowest BCUT2D eigenvalue weighted by atomic mass is 9.75. The van der Waals surface area contributed by atoms with Crippen LogP contribution >= 0.6 is 0 Å². The quantitative estimate of drug-likeness (QED) is 0.769. The zero-order chi connectivity index (χ0) is 10.7. The minimum absolute atomic E-state index is 0.0513. The van der Waals surface area contributed by atoms with Crippen LogP contribution in [0.4, 0.5) is 0 Å². The van der Waals surface area contributed by atoms with Crippen molar-refractivity contribution < 1.29 is 5.11 Å². The number of piperidine rings is 1. The summed E-state index contributed by atoms with van der Waals surface area (Å²) < 4.78 is 0. The number of aryl methyl sites for hydroxylation is 1. The third-order valence-electron chi connectivity index (χ3n) is 3.41. The molecular weight excluding hydrogens is 186 g/mol. The van der Waals surface area contributed by atoms with E-state index in [4.69, 9.17) is 0 Å². The smallest absolute Gasteiger partial charge is 0.0540 e. The zero-order valence-corrected chi connectivity index (χ0v) is 9.29. The molecule has 2 rings (SSSR count). The van der Waals surface area contributed by atoms with Gasteiger partial charge in [-0.1, -0.05) is 29.8 Å². The highest BCUT2D eigenvalue weighted by Crippen LogP contribution is 2.31. The van der Waals surface area contributed by atoms with Crippen molar-refractivity contribution in [3.8, 4) is 0 Å². The summed E-state index contributed by atoms with van der Waals surface area (Å²) in [5.74, 6) is 0. The van der Waals surface area contributed by atoms with E-state index in [1.165, 1.54) is 11.1 Å². The van der Waals surface area contributed by atoms with Crippen LogP contribution in [-0.4, -0.2) is 24.8 Å². The van der Waals surface area contributed by atoms with Crippen molar-refractivity contribution in [2.45, 2.75) is 25.2 Å². The maximum atomic E-state index is 9.65. The molecule has 1 fully saturated rings. The van der Waals surface area contributed by atoms with Gasteiger partial charge in [0.2, 0.25) is 0 Å². The third kappa shape index (κ3) is 2.06. The van der Waals surface area contributed by atoms with Gasteiger partial charge in [-0.25, -0.2) is 0 Å². The normalized spacial score (nSPS) is 26.5. The largest absolute Gasteiger partial charge is 0.395 e. The Morgan fingerprint density at radius 2 is 2.33 bits per heavy atom. The van der Waals surface area contributed by atoms with Crippen molar-refractivity contribution in [2.75, 3.05) is 19.7 Å². The summed E-state index contributed by atoms with van der Waals surface area (Å²) in [7, 11) is 0. The first-order valence-corrected chi connectivity index (χ1v) is 5.66. The van der Waals surface area contributed by atoms with E-state index in [0.29, 0.717) is 0 Å². The minimum Gasteiger partial charge on any atom is -0.395 e. The fourth-order valence-electron chi connectivity index (χ4n) is 2.42. The van der Waals surface area contributed by atoms with Crippen molar-refractivity contribution in [1.29, 1.82) is 0 Å². The van der Waals surface area contributed by atoms with E-state index in [9.17, 15) is 5.11 Å². The molecule has 0 saturated carbocycles. The van der Waals surface area contributed by atoms with Crippen LogP contribution in [0, 0.1) is 6.92 Å². The van der Waals surface area contributed by atoms with Gasteiger partial charge in [-0.15, -0.1) is 0 Å². The maximum Gasteiger partial charge on any atom is 0.0540 e. The first-order valence-electron chi connectivity index (χ1n) is 5.66. The van der Waals surface area contributed by atoms with Crippen LogP contribution in [0.2, 0.25) is 0 Å². The van der Waals surface area contributed by atoms with Gasteiger partial charge in [0.05, 0.1) is 6.61 Å². The van der Waals surface area contributed by atoms with Crippen molar-refractivity contribution in [2.24, 2.45) is 0 Å². The molecule has 0 spiro atoms. The molecule has 0 bridgehead atoms. The Labute approximate surface area is 91.3 Å². The van der Waals surface area contributed by atoms with Crippen molar-refractivity contribution in [3.63, 3.8) is 0 Å². The first-order chi connectivity index (χ1) is 7.27. The Bertz CT molecular complexity index is 329. The molecule has 1 aromatic rings. The molecule has 1 aliphatic rings. The third-order valence-corrected chi connectivity index (χ3v) is 3.41.